The standard InChI is InChI=1S/C9H13NO3/c1-12-5-6-13-9(11)8-3-2-4-10-7-8/h2-3,7,10H,4-6H2,1H3. The predicted molar refractivity (Wildman–Crippen MR) is 48.1 cm³/mol. The molecule has 0 aromatic heterocycles. The molecule has 1 rings (SSSR count). The van der Waals surface area contributed by atoms with Gasteiger partial charge < -0.3 is 14.8 Å². The lowest BCUT2D eigenvalue weighted by Gasteiger charge is -2.08. The Morgan fingerprint density at radius 3 is 3.08 bits per heavy atom. The Morgan fingerprint density at radius 1 is 1.62 bits per heavy atom. The molecule has 1 N–H and O–H groups in total. The first kappa shape index (κ1) is 9.80. The van der Waals surface area contributed by atoms with Gasteiger partial charge in [0.25, 0.3) is 0 Å². The molecule has 72 valence electrons. The third kappa shape index (κ3) is 3.29. The highest BCUT2D eigenvalue weighted by Gasteiger charge is 2.08. The first-order valence-electron chi connectivity index (χ1n) is 4.11. The fourth-order valence-corrected chi connectivity index (χ4v) is 0.899. The molecule has 0 atom stereocenters. The fraction of sp³-hybridized carbons (Fsp3) is 0.444. The Balaban J connectivity index is 2.30. The van der Waals surface area contributed by atoms with E-state index in [1.54, 1.807) is 19.4 Å². The van der Waals surface area contributed by atoms with Gasteiger partial charge in [0.15, 0.2) is 0 Å². The lowest BCUT2D eigenvalue weighted by Crippen LogP contribution is -2.17. The van der Waals surface area contributed by atoms with E-state index in [9.17, 15) is 4.79 Å². The molecule has 0 radical (unpaired) electrons. The molecule has 1 aliphatic rings. The number of hydrogen-bond donors (Lipinski definition) is 1. The zero-order chi connectivity index (χ0) is 9.52. The Bertz CT molecular complexity index is 233. The van der Waals surface area contributed by atoms with Gasteiger partial charge in [0.2, 0.25) is 0 Å². The van der Waals surface area contributed by atoms with Crippen molar-refractivity contribution in [3.05, 3.63) is 23.9 Å². The van der Waals surface area contributed by atoms with E-state index in [1.807, 2.05) is 6.08 Å². The Kier molecular flexibility index (Phi) is 4.05. The summed E-state index contributed by atoms with van der Waals surface area (Å²) < 4.78 is 9.65. The predicted octanol–water partition coefficient (Wildman–Crippen LogP) is 0.219. The second kappa shape index (κ2) is 5.37. The van der Waals surface area contributed by atoms with Gasteiger partial charge in [-0.15, -0.1) is 0 Å². The Labute approximate surface area is 77.2 Å². The second-order valence-corrected chi connectivity index (χ2v) is 2.54. The third-order valence-corrected chi connectivity index (χ3v) is 1.55. The number of rotatable bonds is 4. The summed E-state index contributed by atoms with van der Waals surface area (Å²) in [4.78, 5) is 11.2. The van der Waals surface area contributed by atoms with E-state index < -0.39 is 0 Å². The van der Waals surface area contributed by atoms with Gasteiger partial charge in [-0.3, -0.25) is 0 Å². The van der Waals surface area contributed by atoms with Crippen LogP contribution in [0.2, 0.25) is 0 Å². The number of hydrogen-bond acceptors (Lipinski definition) is 4. The lowest BCUT2D eigenvalue weighted by atomic mass is 10.2. The van der Waals surface area contributed by atoms with Crippen molar-refractivity contribution in [3.63, 3.8) is 0 Å². The van der Waals surface area contributed by atoms with E-state index >= 15 is 0 Å². The second-order valence-electron chi connectivity index (χ2n) is 2.54. The van der Waals surface area contributed by atoms with Crippen molar-refractivity contribution in [1.29, 1.82) is 0 Å². The normalized spacial score (nSPS) is 14.7. The SMILES string of the molecule is COCCOC(=O)C1=CNCC=C1. The zero-order valence-corrected chi connectivity index (χ0v) is 7.58. The number of nitrogens with one attached hydrogen (secondary N) is 1. The van der Waals surface area contributed by atoms with Crippen LogP contribution >= 0.6 is 0 Å². The minimum absolute atomic E-state index is 0.292. The molecule has 13 heavy (non-hydrogen) atoms. The molecule has 0 aliphatic carbocycles. The first-order chi connectivity index (χ1) is 6.34. The molecule has 1 heterocycles. The van der Waals surface area contributed by atoms with Crippen molar-refractivity contribution in [2.75, 3.05) is 26.9 Å². The maximum Gasteiger partial charge on any atom is 0.339 e. The molecule has 0 saturated carbocycles. The number of carbonyl (C=O) groups excluding carboxylic acids is 1. The summed E-state index contributed by atoms with van der Waals surface area (Å²) in [6.45, 7) is 1.48. The molecule has 0 spiro atoms. The summed E-state index contributed by atoms with van der Waals surface area (Å²) in [5.41, 5.74) is 0.544. The summed E-state index contributed by atoms with van der Waals surface area (Å²) in [7, 11) is 1.56. The van der Waals surface area contributed by atoms with Crippen LogP contribution in [0.5, 0.6) is 0 Å². The van der Waals surface area contributed by atoms with Gasteiger partial charge in [-0.25, -0.2) is 4.79 Å². The van der Waals surface area contributed by atoms with E-state index in [2.05, 4.69) is 5.32 Å². The summed E-state index contributed by atoms with van der Waals surface area (Å²) in [5, 5.41) is 2.93. The summed E-state index contributed by atoms with van der Waals surface area (Å²) >= 11 is 0. The Hall–Kier alpha value is -1.29. The Morgan fingerprint density at radius 2 is 2.46 bits per heavy atom. The van der Waals surface area contributed by atoms with Gasteiger partial charge >= 0.3 is 5.97 Å². The minimum Gasteiger partial charge on any atom is -0.460 e. The molecular formula is C9H13NO3. The number of methoxy groups -OCH3 is 1. The number of ether oxygens (including phenoxy) is 2. The molecule has 0 amide bonds. The van der Waals surface area contributed by atoms with Crippen molar-refractivity contribution in [3.8, 4) is 0 Å². The summed E-state index contributed by atoms with van der Waals surface area (Å²) in [5.74, 6) is -0.319. The number of carbonyl (C=O) groups is 1. The van der Waals surface area contributed by atoms with Crippen LogP contribution in [0, 0.1) is 0 Å². The first-order valence-corrected chi connectivity index (χ1v) is 4.11. The van der Waals surface area contributed by atoms with Crippen LogP contribution in [0.1, 0.15) is 0 Å². The van der Waals surface area contributed by atoms with Gasteiger partial charge in [0.05, 0.1) is 12.2 Å². The smallest absolute Gasteiger partial charge is 0.339 e. The number of dihydropyridines is 1. The molecule has 1 aliphatic heterocycles. The van der Waals surface area contributed by atoms with Crippen molar-refractivity contribution < 1.29 is 14.3 Å². The molecular weight excluding hydrogens is 170 g/mol. The number of esters is 1. The van der Waals surface area contributed by atoms with E-state index in [0.29, 0.717) is 18.8 Å². The molecule has 0 saturated heterocycles. The highest BCUT2D eigenvalue weighted by Crippen LogP contribution is 2.02. The van der Waals surface area contributed by atoms with Crippen LogP contribution in [0.15, 0.2) is 23.9 Å². The molecule has 0 aromatic carbocycles. The van der Waals surface area contributed by atoms with Crippen LogP contribution in [-0.2, 0) is 14.3 Å². The van der Waals surface area contributed by atoms with Crippen LogP contribution in [0.3, 0.4) is 0 Å². The zero-order valence-electron chi connectivity index (χ0n) is 7.58. The summed E-state index contributed by atoms with van der Waals surface area (Å²) in [6, 6.07) is 0. The largest absolute Gasteiger partial charge is 0.460 e. The van der Waals surface area contributed by atoms with Crippen molar-refractivity contribution in [2.45, 2.75) is 0 Å². The van der Waals surface area contributed by atoms with Gasteiger partial charge in [-0.05, 0) is 6.08 Å². The fourth-order valence-electron chi connectivity index (χ4n) is 0.899. The lowest BCUT2D eigenvalue weighted by molar-refractivity contribution is -0.139. The van der Waals surface area contributed by atoms with Crippen LogP contribution in [0.25, 0.3) is 0 Å². The average molecular weight is 183 g/mol. The summed E-state index contributed by atoms with van der Waals surface area (Å²) in [6.07, 6.45) is 5.26. The minimum atomic E-state index is -0.319. The van der Waals surface area contributed by atoms with Crippen molar-refractivity contribution in [1.82, 2.24) is 5.32 Å². The van der Waals surface area contributed by atoms with Gasteiger partial charge in [-0.1, -0.05) is 6.08 Å². The average Bonchev–Trinajstić information content (AvgIpc) is 2.19. The van der Waals surface area contributed by atoms with Gasteiger partial charge in [0.1, 0.15) is 6.61 Å². The molecule has 0 bridgehead atoms. The van der Waals surface area contributed by atoms with E-state index in [4.69, 9.17) is 9.47 Å². The van der Waals surface area contributed by atoms with Crippen molar-refractivity contribution >= 4 is 5.97 Å². The third-order valence-electron chi connectivity index (χ3n) is 1.55. The maximum atomic E-state index is 11.2. The van der Waals surface area contributed by atoms with Crippen LogP contribution < -0.4 is 5.32 Å². The van der Waals surface area contributed by atoms with E-state index in [1.165, 1.54) is 0 Å². The maximum absolute atomic E-state index is 11.2. The van der Waals surface area contributed by atoms with Gasteiger partial charge in [0, 0.05) is 19.9 Å². The quantitative estimate of drug-likeness (QED) is 0.500. The van der Waals surface area contributed by atoms with Gasteiger partial charge in [-0.2, -0.15) is 0 Å². The monoisotopic (exact) mass is 183 g/mol. The van der Waals surface area contributed by atoms with E-state index in [0.717, 1.165) is 6.54 Å². The molecule has 4 nitrogen and oxygen atoms in total. The van der Waals surface area contributed by atoms with Crippen LogP contribution in [-0.4, -0.2) is 32.8 Å². The highest BCUT2D eigenvalue weighted by molar-refractivity contribution is 5.91. The molecule has 0 aromatic rings. The van der Waals surface area contributed by atoms with Crippen molar-refractivity contribution in [2.24, 2.45) is 0 Å². The van der Waals surface area contributed by atoms with E-state index in [-0.39, 0.29) is 5.97 Å². The molecule has 0 fully saturated rings. The topological polar surface area (TPSA) is 47.6 Å². The highest BCUT2D eigenvalue weighted by atomic mass is 16.6. The molecule has 4 heteroatoms. The van der Waals surface area contributed by atoms with Crippen LogP contribution in [0.4, 0.5) is 0 Å². The molecule has 0 unspecified atom stereocenters.